The molecule has 0 bridgehead atoms. The molecule has 0 aliphatic carbocycles. The van der Waals surface area contributed by atoms with Gasteiger partial charge in [-0.1, -0.05) is 36.2 Å². The maximum absolute atomic E-state index is 12.5. The summed E-state index contributed by atoms with van der Waals surface area (Å²) in [5.41, 5.74) is 11.7. The third-order valence-electron chi connectivity index (χ3n) is 4.24. The summed E-state index contributed by atoms with van der Waals surface area (Å²) >= 11 is 6.07. The van der Waals surface area contributed by atoms with Gasteiger partial charge in [0.25, 0.3) is 0 Å². The van der Waals surface area contributed by atoms with E-state index < -0.39 is 29.6 Å². The molecule has 0 saturated heterocycles. The Kier molecular flexibility index (Phi) is 15.8. The largest absolute Gasteiger partial charge is 0.497 e. The molecule has 0 heterocycles. The van der Waals surface area contributed by atoms with Crippen LogP contribution >= 0.6 is 24.0 Å². The van der Waals surface area contributed by atoms with Crippen LogP contribution in [0.2, 0.25) is 5.02 Å². The quantitative estimate of drug-likeness (QED) is 0.200. The van der Waals surface area contributed by atoms with Crippen LogP contribution in [0.15, 0.2) is 36.6 Å². The minimum atomic E-state index is -0.892. The number of benzene rings is 1. The lowest BCUT2D eigenvalue weighted by atomic mass is 10.1. The summed E-state index contributed by atoms with van der Waals surface area (Å²) in [6.07, 6.45) is 5.09. The van der Waals surface area contributed by atoms with Crippen LogP contribution in [0.1, 0.15) is 45.6 Å². The van der Waals surface area contributed by atoms with E-state index in [-0.39, 0.29) is 25.6 Å². The number of nitrogens with two attached hydrogens (primary N) is 2. The smallest absolute Gasteiger partial charge is 0.324 e. The Hall–Kier alpha value is -1.84. The number of unbranched alkanes of at least 4 members (excludes halogenated alkanes) is 1. The number of carbonyl (C=O) groups excluding carboxylic acids is 2. The van der Waals surface area contributed by atoms with Crippen molar-refractivity contribution in [3.8, 4) is 0 Å². The van der Waals surface area contributed by atoms with E-state index in [9.17, 15) is 9.59 Å². The van der Waals surface area contributed by atoms with Gasteiger partial charge in [-0.15, -0.1) is 12.4 Å². The Morgan fingerprint density at radius 1 is 1.18 bits per heavy atom. The van der Waals surface area contributed by atoms with Gasteiger partial charge in [0.2, 0.25) is 0 Å². The molecule has 33 heavy (non-hydrogen) atoms. The number of esters is 2. The van der Waals surface area contributed by atoms with Gasteiger partial charge in [0, 0.05) is 17.1 Å². The zero-order valence-electron chi connectivity index (χ0n) is 19.6. The molecule has 8 nitrogen and oxygen atoms in total. The van der Waals surface area contributed by atoms with Crippen molar-refractivity contribution in [2.45, 2.75) is 64.3 Å². The van der Waals surface area contributed by atoms with Gasteiger partial charge < -0.3 is 31.0 Å². The predicted octanol–water partition coefficient (Wildman–Crippen LogP) is 3.09. The first-order valence-electron chi connectivity index (χ1n) is 10.7. The molecular weight excluding hydrogens is 469 g/mol. The summed E-state index contributed by atoms with van der Waals surface area (Å²) in [6.45, 7) is 6.29. The summed E-state index contributed by atoms with van der Waals surface area (Å²) in [5.74, 6) is -0.966. The van der Waals surface area contributed by atoms with Gasteiger partial charge in [-0.2, -0.15) is 0 Å². The standard InChI is InChI=1S/C23H36ClN3O5.ClH/c1-23(2,3)32-21(28)19(26)15-27-20(11-6-7-12-25)22(29)31-14-8-13-30-16-17-9-4-5-10-18(17)24;/h4-5,8-10,13,19-20,27H,6-7,11-12,14-16,25-26H2,1-3H3;1H/t19?,20-;/m0./s1. The fourth-order valence-electron chi connectivity index (χ4n) is 2.62. The minimum absolute atomic E-state index is 0. The van der Waals surface area contributed by atoms with Crippen LogP contribution in [0.25, 0.3) is 0 Å². The van der Waals surface area contributed by atoms with Crippen molar-refractivity contribution in [1.82, 2.24) is 5.32 Å². The first kappa shape index (κ1) is 31.2. The van der Waals surface area contributed by atoms with E-state index in [0.29, 0.717) is 24.6 Å². The third kappa shape index (κ3) is 14.1. The molecular formula is C23H37Cl2N3O5. The van der Waals surface area contributed by atoms with Crippen LogP contribution in [-0.4, -0.2) is 49.3 Å². The third-order valence-corrected chi connectivity index (χ3v) is 4.60. The van der Waals surface area contributed by atoms with E-state index in [1.165, 1.54) is 6.26 Å². The van der Waals surface area contributed by atoms with Gasteiger partial charge in [-0.25, -0.2) is 0 Å². The maximum Gasteiger partial charge on any atom is 0.324 e. The monoisotopic (exact) mass is 505 g/mol. The minimum Gasteiger partial charge on any atom is -0.497 e. The molecule has 1 aromatic carbocycles. The fourth-order valence-corrected chi connectivity index (χ4v) is 2.81. The van der Waals surface area contributed by atoms with Crippen molar-refractivity contribution in [1.29, 1.82) is 0 Å². The summed E-state index contributed by atoms with van der Waals surface area (Å²) < 4.78 is 16.0. The zero-order chi connectivity index (χ0) is 24.0. The second kappa shape index (κ2) is 16.7. The summed E-state index contributed by atoms with van der Waals surface area (Å²) in [5, 5.41) is 3.64. The highest BCUT2D eigenvalue weighted by Crippen LogP contribution is 2.15. The lowest BCUT2D eigenvalue weighted by Gasteiger charge is -2.23. The molecule has 0 amide bonds. The van der Waals surface area contributed by atoms with E-state index in [1.807, 2.05) is 18.2 Å². The maximum atomic E-state index is 12.5. The van der Waals surface area contributed by atoms with Crippen molar-refractivity contribution >= 4 is 35.9 Å². The molecule has 1 aromatic rings. The molecule has 0 spiro atoms. The number of hydrogen-bond acceptors (Lipinski definition) is 8. The summed E-state index contributed by atoms with van der Waals surface area (Å²) in [4.78, 5) is 24.5. The highest BCUT2D eigenvalue weighted by molar-refractivity contribution is 6.31. The Morgan fingerprint density at radius 2 is 1.88 bits per heavy atom. The average molecular weight is 506 g/mol. The molecule has 1 unspecified atom stereocenters. The van der Waals surface area contributed by atoms with Crippen LogP contribution < -0.4 is 16.8 Å². The predicted molar refractivity (Wildman–Crippen MR) is 132 cm³/mol. The van der Waals surface area contributed by atoms with Gasteiger partial charge in [-0.05, 0) is 52.3 Å². The zero-order valence-corrected chi connectivity index (χ0v) is 21.1. The van der Waals surface area contributed by atoms with E-state index in [0.717, 1.165) is 18.4 Å². The van der Waals surface area contributed by atoms with Gasteiger partial charge in [-0.3, -0.25) is 9.59 Å². The molecule has 188 valence electrons. The molecule has 0 radical (unpaired) electrons. The van der Waals surface area contributed by atoms with Crippen LogP contribution in [0.5, 0.6) is 0 Å². The number of nitrogens with one attached hydrogen (secondary N) is 1. The molecule has 2 atom stereocenters. The topological polar surface area (TPSA) is 126 Å². The van der Waals surface area contributed by atoms with Gasteiger partial charge >= 0.3 is 11.9 Å². The number of hydrogen-bond donors (Lipinski definition) is 3. The molecule has 0 aliphatic heterocycles. The van der Waals surface area contributed by atoms with Crippen LogP contribution in [0.3, 0.4) is 0 Å². The molecule has 10 heteroatoms. The van der Waals surface area contributed by atoms with Gasteiger partial charge in [0.05, 0.1) is 6.26 Å². The number of halogens is 2. The molecule has 1 rings (SSSR count). The summed E-state index contributed by atoms with van der Waals surface area (Å²) in [7, 11) is 0. The van der Waals surface area contributed by atoms with Crippen molar-refractivity contribution in [2.24, 2.45) is 11.5 Å². The lowest BCUT2D eigenvalue weighted by Crippen LogP contribution is -2.49. The molecule has 5 N–H and O–H groups in total. The first-order valence-corrected chi connectivity index (χ1v) is 11.1. The second-order valence-corrected chi connectivity index (χ2v) is 8.70. The number of rotatable bonds is 14. The number of carbonyl (C=O) groups is 2. The highest BCUT2D eigenvalue weighted by atomic mass is 35.5. The lowest BCUT2D eigenvalue weighted by molar-refractivity contribution is -0.156. The molecule has 0 aromatic heterocycles. The van der Waals surface area contributed by atoms with E-state index >= 15 is 0 Å². The SMILES string of the molecule is CC(C)(C)OC(=O)C(N)CN[C@@H](CCCCN)C(=O)OCC=COCc1ccccc1Cl.Cl. The van der Waals surface area contributed by atoms with Gasteiger partial charge in [0.1, 0.15) is 30.9 Å². The average Bonchev–Trinajstić information content (AvgIpc) is 2.72. The van der Waals surface area contributed by atoms with Crippen molar-refractivity contribution < 1.29 is 23.8 Å². The first-order chi connectivity index (χ1) is 15.1. The van der Waals surface area contributed by atoms with Gasteiger partial charge in [0.15, 0.2) is 0 Å². The van der Waals surface area contributed by atoms with Crippen molar-refractivity contribution in [3.63, 3.8) is 0 Å². The fraction of sp³-hybridized carbons (Fsp3) is 0.565. The second-order valence-electron chi connectivity index (χ2n) is 8.29. The van der Waals surface area contributed by atoms with E-state index in [2.05, 4.69) is 5.32 Å². The van der Waals surface area contributed by atoms with Crippen LogP contribution in [0, 0.1) is 0 Å². The molecule has 0 fully saturated rings. The van der Waals surface area contributed by atoms with Crippen LogP contribution in [0.4, 0.5) is 0 Å². The molecule has 0 aliphatic rings. The normalized spacial score (nSPS) is 13.2. The van der Waals surface area contributed by atoms with E-state index in [4.69, 9.17) is 37.3 Å². The number of ether oxygens (including phenoxy) is 3. The Balaban J connectivity index is 0.0000102. The van der Waals surface area contributed by atoms with Crippen molar-refractivity contribution in [2.75, 3.05) is 19.7 Å². The van der Waals surface area contributed by atoms with Crippen molar-refractivity contribution in [3.05, 3.63) is 47.2 Å². The Labute approximate surface area is 207 Å². The van der Waals surface area contributed by atoms with Crippen LogP contribution in [-0.2, 0) is 30.4 Å². The highest BCUT2D eigenvalue weighted by Gasteiger charge is 2.25. The van der Waals surface area contributed by atoms with E-state index in [1.54, 1.807) is 32.9 Å². The summed E-state index contributed by atoms with van der Waals surface area (Å²) in [6, 6.07) is 5.89. The molecule has 0 saturated carbocycles. The Morgan fingerprint density at radius 3 is 2.52 bits per heavy atom. The Bertz CT molecular complexity index is 741.